The van der Waals surface area contributed by atoms with Gasteiger partial charge in [-0.3, -0.25) is 0 Å². The molecule has 1 aliphatic rings. The Morgan fingerprint density at radius 1 is 1.11 bits per heavy atom. The Morgan fingerprint density at radius 3 is 2.37 bits per heavy atom. The molecule has 1 heterocycles. The van der Waals surface area contributed by atoms with Crippen molar-refractivity contribution in [2.24, 2.45) is 11.3 Å². The summed E-state index contributed by atoms with van der Waals surface area (Å²) in [6.07, 6.45) is 8.26. The molecule has 1 rings (SSSR count). The van der Waals surface area contributed by atoms with Gasteiger partial charge in [0.25, 0.3) is 0 Å². The lowest BCUT2D eigenvalue weighted by Crippen LogP contribution is -2.38. The predicted octanol–water partition coefficient (Wildman–Crippen LogP) is 3.91. The van der Waals surface area contributed by atoms with E-state index in [0.29, 0.717) is 5.41 Å². The second-order valence-corrected chi connectivity index (χ2v) is 7.16. The maximum absolute atomic E-state index is 3.53. The fourth-order valence-corrected chi connectivity index (χ4v) is 2.82. The van der Waals surface area contributed by atoms with Crippen molar-refractivity contribution < 1.29 is 0 Å². The van der Waals surface area contributed by atoms with E-state index in [9.17, 15) is 0 Å². The maximum Gasteiger partial charge on any atom is -0.00135 e. The third kappa shape index (κ3) is 7.31. The highest BCUT2D eigenvalue weighted by atomic mass is 15.1. The Labute approximate surface area is 121 Å². The van der Waals surface area contributed by atoms with Crippen molar-refractivity contribution in [2.75, 3.05) is 32.7 Å². The molecular formula is C17H36N2. The summed E-state index contributed by atoms with van der Waals surface area (Å²) >= 11 is 0. The fraction of sp³-hybridized carbons (Fsp3) is 1.00. The zero-order chi connectivity index (χ0) is 14.1. The minimum absolute atomic E-state index is 0.636. The predicted molar refractivity (Wildman–Crippen MR) is 85.6 cm³/mol. The number of likely N-dealkylation sites (tertiary alicyclic amines) is 1. The summed E-state index contributed by atoms with van der Waals surface area (Å²) < 4.78 is 0. The van der Waals surface area contributed by atoms with Gasteiger partial charge in [-0.1, -0.05) is 40.5 Å². The topological polar surface area (TPSA) is 15.3 Å². The van der Waals surface area contributed by atoms with Crippen LogP contribution in [0.2, 0.25) is 0 Å². The largest absolute Gasteiger partial charge is 0.316 e. The van der Waals surface area contributed by atoms with Crippen LogP contribution in [0.4, 0.5) is 0 Å². The summed E-state index contributed by atoms with van der Waals surface area (Å²) in [5.41, 5.74) is 0.636. The van der Waals surface area contributed by atoms with E-state index in [0.717, 1.165) is 5.92 Å². The van der Waals surface area contributed by atoms with E-state index in [1.807, 2.05) is 0 Å². The summed E-state index contributed by atoms with van der Waals surface area (Å²) in [4.78, 5) is 2.68. The van der Waals surface area contributed by atoms with Crippen molar-refractivity contribution >= 4 is 0 Å². The average molecular weight is 268 g/mol. The molecule has 1 fully saturated rings. The van der Waals surface area contributed by atoms with Crippen LogP contribution in [0.25, 0.3) is 0 Å². The third-order valence-electron chi connectivity index (χ3n) is 4.80. The summed E-state index contributed by atoms with van der Waals surface area (Å²) in [7, 11) is 0. The number of nitrogens with zero attached hydrogens (tertiary/aromatic N) is 1. The van der Waals surface area contributed by atoms with Gasteiger partial charge in [-0.25, -0.2) is 0 Å². The molecule has 19 heavy (non-hydrogen) atoms. The van der Waals surface area contributed by atoms with E-state index in [2.05, 4.69) is 37.9 Å². The third-order valence-corrected chi connectivity index (χ3v) is 4.80. The molecule has 0 radical (unpaired) electrons. The summed E-state index contributed by atoms with van der Waals surface area (Å²) in [6, 6.07) is 0. The van der Waals surface area contributed by atoms with Crippen LogP contribution in [0.1, 0.15) is 66.2 Å². The number of hydrogen-bond donors (Lipinski definition) is 1. The van der Waals surface area contributed by atoms with Gasteiger partial charge < -0.3 is 10.2 Å². The molecule has 0 unspecified atom stereocenters. The Hall–Kier alpha value is -0.0800. The van der Waals surface area contributed by atoms with Gasteiger partial charge in [0.15, 0.2) is 0 Å². The lowest BCUT2D eigenvalue weighted by Gasteiger charge is -2.39. The molecule has 0 aromatic rings. The minimum atomic E-state index is 0.636. The fourth-order valence-electron chi connectivity index (χ4n) is 2.82. The van der Waals surface area contributed by atoms with Crippen molar-refractivity contribution in [1.29, 1.82) is 0 Å². The Morgan fingerprint density at radius 2 is 1.79 bits per heavy atom. The van der Waals surface area contributed by atoms with Crippen LogP contribution in [0.3, 0.4) is 0 Å². The Balaban J connectivity index is 1.94. The smallest absolute Gasteiger partial charge is 0.00135 e. The van der Waals surface area contributed by atoms with Crippen LogP contribution in [-0.2, 0) is 0 Å². The van der Waals surface area contributed by atoms with Crippen molar-refractivity contribution in [3.63, 3.8) is 0 Å². The minimum Gasteiger partial charge on any atom is -0.316 e. The number of hydrogen-bond acceptors (Lipinski definition) is 2. The first-order valence-corrected chi connectivity index (χ1v) is 8.49. The molecule has 0 bridgehead atoms. The van der Waals surface area contributed by atoms with Gasteiger partial charge >= 0.3 is 0 Å². The second kappa shape index (κ2) is 8.97. The lowest BCUT2D eigenvalue weighted by atomic mass is 9.78. The zero-order valence-corrected chi connectivity index (χ0v) is 13.8. The van der Waals surface area contributed by atoms with Crippen molar-refractivity contribution in [2.45, 2.75) is 66.2 Å². The molecule has 0 saturated carbocycles. The highest BCUT2D eigenvalue weighted by Crippen LogP contribution is 2.33. The molecular weight excluding hydrogens is 232 g/mol. The van der Waals surface area contributed by atoms with E-state index in [-0.39, 0.29) is 0 Å². The molecule has 1 aliphatic heterocycles. The van der Waals surface area contributed by atoms with Gasteiger partial charge in [0.1, 0.15) is 0 Å². The van der Waals surface area contributed by atoms with E-state index >= 15 is 0 Å². The van der Waals surface area contributed by atoms with Gasteiger partial charge in [0.2, 0.25) is 0 Å². The highest BCUT2D eigenvalue weighted by molar-refractivity contribution is 4.81. The number of rotatable bonds is 9. The number of nitrogens with one attached hydrogen (secondary N) is 1. The van der Waals surface area contributed by atoms with Crippen molar-refractivity contribution in [3.05, 3.63) is 0 Å². The Bertz CT molecular complexity index is 217. The quantitative estimate of drug-likeness (QED) is 0.638. The van der Waals surface area contributed by atoms with Gasteiger partial charge in [0, 0.05) is 0 Å². The van der Waals surface area contributed by atoms with Gasteiger partial charge in [-0.15, -0.1) is 0 Å². The molecule has 0 aromatic carbocycles. The molecule has 0 atom stereocenters. The van der Waals surface area contributed by atoms with E-state index in [1.165, 1.54) is 71.2 Å². The highest BCUT2D eigenvalue weighted by Gasteiger charge is 2.27. The molecule has 114 valence electrons. The molecule has 0 aromatic heterocycles. The van der Waals surface area contributed by atoms with E-state index < -0.39 is 0 Å². The standard InChI is InChI=1S/C17H36N2/c1-5-17(4)9-13-19(14-10-17)12-8-6-7-11-18-15-16(2)3/h16,18H,5-15H2,1-4H3. The molecule has 0 aliphatic carbocycles. The van der Waals surface area contributed by atoms with E-state index in [1.54, 1.807) is 0 Å². The second-order valence-electron chi connectivity index (χ2n) is 7.16. The van der Waals surface area contributed by atoms with Crippen LogP contribution < -0.4 is 5.32 Å². The van der Waals surface area contributed by atoms with Gasteiger partial charge in [-0.05, 0) is 69.7 Å². The van der Waals surface area contributed by atoms with Crippen LogP contribution in [0.15, 0.2) is 0 Å². The SMILES string of the molecule is CCC1(C)CCN(CCCCCNCC(C)C)CC1. The van der Waals surface area contributed by atoms with Crippen molar-refractivity contribution in [3.8, 4) is 0 Å². The molecule has 0 spiro atoms. The van der Waals surface area contributed by atoms with Gasteiger partial charge in [0.05, 0.1) is 0 Å². The van der Waals surface area contributed by atoms with Crippen LogP contribution in [0.5, 0.6) is 0 Å². The molecule has 2 heteroatoms. The molecule has 2 nitrogen and oxygen atoms in total. The normalized spacial score (nSPS) is 20.1. The Kier molecular flexibility index (Phi) is 8.01. The first kappa shape index (κ1) is 17.0. The average Bonchev–Trinajstić information content (AvgIpc) is 2.39. The van der Waals surface area contributed by atoms with Crippen LogP contribution in [-0.4, -0.2) is 37.6 Å². The number of piperidine rings is 1. The molecule has 1 saturated heterocycles. The first-order chi connectivity index (χ1) is 9.06. The monoisotopic (exact) mass is 268 g/mol. The van der Waals surface area contributed by atoms with Crippen LogP contribution >= 0.6 is 0 Å². The summed E-state index contributed by atoms with van der Waals surface area (Å²) in [6.45, 7) is 15.7. The van der Waals surface area contributed by atoms with Gasteiger partial charge in [-0.2, -0.15) is 0 Å². The summed E-state index contributed by atoms with van der Waals surface area (Å²) in [5.74, 6) is 0.779. The van der Waals surface area contributed by atoms with E-state index in [4.69, 9.17) is 0 Å². The number of unbranched alkanes of at least 4 members (excludes halogenated alkanes) is 2. The zero-order valence-electron chi connectivity index (χ0n) is 13.8. The summed E-state index contributed by atoms with van der Waals surface area (Å²) in [5, 5.41) is 3.53. The molecule has 1 N–H and O–H groups in total. The molecule has 0 amide bonds. The van der Waals surface area contributed by atoms with Crippen LogP contribution in [0, 0.1) is 11.3 Å². The lowest BCUT2D eigenvalue weighted by molar-refractivity contribution is 0.113. The maximum atomic E-state index is 3.53. The van der Waals surface area contributed by atoms with Crippen molar-refractivity contribution in [1.82, 2.24) is 10.2 Å². The first-order valence-electron chi connectivity index (χ1n) is 8.49.